The Morgan fingerprint density at radius 3 is 1.98 bits per heavy atom. The molecule has 2 aliphatic carbocycles. The molecule has 10 nitrogen and oxygen atoms in total. The third-order valence-electron chi connectivity index (χ3n) is 11.0. The van der Waals surface area contributed by atoms with E-state index in [-0.39, 0.29) is 24.3 Å². The molecule has 2 aromatic heterocycles. The topological polar surface area (TPSA) is 116 Å². The molecule has 4 aliphatic rings. The molecule has 1 saturated carbocycles. The van der Waals surface area contributed by atoms with Gasteiger partial charge in [0.1, 0.15) is 22.9 Å². The summed E-state index contributed by atoms with van der Waals surface area (Å²) in [5, 5.41) is 0. The minimum Gasteiger partial charge on any atom is -0.444 e. The van der Waals surface area contributed by atoms with Crippen LogP contribution in [0.3, 0.4) is 0 Å². The van der Waals surface area contributed by atoms with Gasteiger partial charge in [-0.15, -0.1) is 0 Å². The summed E-state index contributed by atoms with van der Waals surface area (Å²) in [6, 6.07) is 13.1. The predicted molar refractivity (Wildman–Crippen MR) is 196 cm³/mol. The van der Waals surface area contributed by atoms with Crippen molar-refractivity contribution in [2.75, 3.05) is 13.1 Å². The number of imidazole rings is 2. The molecule has 4 atom stereocenters. The van der Waals surface area contributed by atoms with E-state index in [4.69, 9.17) is 19.4 Å². The van der Waals surface area contributed by atoms with Gasteiger partial charge in [0.05, 0.1) is 29.7 Å². The summed E-state index contributed by atoms with van der Waals surface area (Å²) in [6.45, 7) is 12.7. The van der Waals surface area contributed by atoms with Crippen LogP contribution in [0.4, 0.5) is 9.59 Å². The average molecular weight is 691 g/mol. The van der Waals surface area contributed by atoms with Gasteiger partial charge in [-0.3, -0.25) is 9.80 Å². The number of H-pyrrole nitrogens is 2. The van der Waals surface area contributed by atoms with Crippen molar-refractivity contribution in [3.8, 4) is 33.6 Å². The summed E-state index contributed by atoms with van der Waals surface area (Å²) in [5.74, 6) is 2.90. The molecular weight excluding hydrogens is 640 g/mol. The second kappa shape index (κ2) is 12.6. The zero-order chi connectivity index (χ0) is 35.7. The van der Waals surface area contributed by atoms with E-state index in [0.717, 1.165) is 60.7 Å². The zero-order valence-corrected chi connectivity index (χ0v) is 30.7. The lowest BCUT2D eigenvalue weighted by atomic mass is 9.73. The summed E-state index contributed by atoms with van der Waals surface area (Å²) in [6.07, 6.45) is 10.5. The fourth-order valence-corrected chi connectivity index (χ4v) is 8.56. The van der Waals surface area contributed by atoms with Crippen molar-refractivity contribution in [1.82, 2.24) is 29.7 Å². The van der Waals surface area contributed by atoms with Gasteiger partial charge in [0.15, 0.2) is 0 Å². The number of carbonyl (C=O) groups is 2. The summed E-state index contributed by atoms with van der Waals surface area (Å²) in [4.78, 5) is 46.3. The average Bonchev–Trinajstić information content (AvgIpc) is 3.88. The van der Waals surface area contributed by atoms with Crippen molar-refractivity contribution in [2.45, 2.75) is 116 Å². The molecule has 0 bridgehead atoms. The van der Waals surface area contributed by atoms with Crippen LogP contribution in [0.15, 0.2) is 48.8 Å². The quantitative estimate of drug-likeness (QED) is 0.216. The van der Waals surface area contributed by atoms with Crippen molar-refractivity contribution in [2.24, 2.45) is 5.92 Å². The largest absolute Gasteiger partial charge is 0.444 e. The summed E-state index contributed by atoms with van der Waals surface area (Å²) in [5.41, 5.74) is 8.48. The fraction of sp³-hybridized carbons (Fsp3) is 0.512. The van der Waals surface area contributed by atoms with Crippen LogP contribution in [0.25, 0.3) is 33.6 Å². The van der Waals surface area contributed by atoms with Crippen molar-refractivity contribution >= 4 is 12.2 Å². The zero-order valence-electron chi connectivity index (χ0n) is 30.7. The second-order valence-corrected chi connectivity index (χ2v) is 16.8. The highest BCUT2D eigenvalue weighted by molar-refractivity contribution is 5.79. The number of aromatic amines is 2. The van der Waals surface area contributed by atoms with E-state index in [0.29, 0.717) is 24.9 Å². The Bertz CT molecular complexity index is 1950. The number of aromatic nitrogens is 4. The lowest BCUT2D eigenvalue weighted by Gasteiger charge is -2.31. The van der Waals surface area contributed by atoms with E-state index in [9.17, 15) is 9.59 Å². The maximum absolute atomic E-state index is 13.0. The van der Waals surface area contributed by atoms with Crippen LogP contribution in [0.1, 0.15) is 121 Å². The van der Waals surface area contributed by atoms with Gasteiger partial charge in [0.25, 0.3) is 0 Å². The van der Waals surface area contributed by atoms with Crippen LogP contribution >= 0.6 is 0 Å². The maximum atomic E-state index is 13.0. The number of carbonyl (C=O) groups excluding carboxylic acids is 2. The van der Waals surface area contributed by atoms with Crippen molar-refractivity contribution < 1.29 is 19.1 Å². The Morgan fingerprint density at radius 1 is 0.765 bits per heavy atom. The smallest absolute Gasteiger partial charge is 0.410 e. The first-order chi connectivity index (χ1) is 24.3. The van der Waals surface area contributed by atoms with Crippen LogP contribution < -0.4 is 0 Å². The monoisotopic (exact) mass is 690 g/mol. The van der Waals surface area contributed by atoms with Gasteiger partial charge in [-0.2, -0.15) is 0 Å². The van der Waals surface area contributed by atoms with Crippen LogP contribution in [-0.4, -0.2) is 66.2 Å². The molecular formula is C41H50N6O4. The molecule has 2 aliphatic heterocycles. The van der Waals surface area contributed by atoms with Gasteiger partial charge in [-0.05, 0) is 126 Å². The highest BCUT2D eigenvalue weighted by Gasteiger charge is 2.42. The first-order valence-corrected chi connectivity index (χ1v) is 18.7. The maximum Gasteiger partial charge on any atom is 0.410 e. The molecule has 4 unspecified atom stereocenters. The van der Waals surface area contributed by atoms with E-state index in [1.165, 1.54) is 40.7 Å². The third-order valence-corrected chi connectivity index (χ3v) is 11.0. The molecule has 3 fully saturated rings. The highest BCUT2D eigenvalue weighted by atomic mass is 16.6. The van der Waals surface area contributed by atoms with Gasteiger partial charge < -0.3 is 19.4 Å². The fourth-order valence-electron chi connectivity index (χ4n) is 8.56. The predicted octanol–water partition coefficient (Wildman–Crippen LogP) is 9.33. The third kappa shape index (κ3) is 6.42. The lowest BCUT2D eigenvalue weighted by Crippen LogP contribution is -2.36. The Labute approximate surface area is 300 Å². The van der Waals surface area contributed by atoms with Crippen LogP contribution in [0, 0.1) is 5.92 Å². The number of ether oxygens (including phenoxy) is 2. The SMILES string of the molecule is CC(C)(C)OC(=O)N1CCCC1c1nc(-c2ccc(-c3ccc(-c4cnc(C5CCCN5C(=O)OC(C)(C)C)[nH]4)cc3)c3c2CC2CCC32)c[nH]1. The Kier molecular flexibility index (Phi) is 8.26. The van der Waals surface area contributed by atoms with E-state index in [2.05, 4.69) is 46.4 Å². The normalized spacial score (nSPS) is 22.9. The molecule has 8 rings (SSSR count). The molecule has 4 aromatic rings. The molecule has 4 heterocycles. The van der Waals surface area contributed by atoms with Gasteiger partial charge >= 0.3 is 12.2 Å². The first kappa shape index (κ1) is 33.5. The number of hydrogen-bond donors (Lipinski definition) is 2. The van der Waals surface area contributed by atoms with Gasteiger partial charge in [-0.25, -0.2) is 19.6 Å². The molecule has 2 saturated heterocycles. The highest BCUT2D eigenvalue weighted by Crippen LogP contribution is 2.56. The summed E-state index contributed by atoms with van der Waals surface area (Å²) >= 11 is 0. The van der Waals surface area contributed by atoms with E-state index < -0.39 is 11.2 Å². The van der Waals surface area contributed by atoms with Crippen molar-refractivity contribution in [1.29, 1.82) is 0 Å². The Morgan fingerprint density at radius 2 is 1.37 bits per heavy atom. The van der Waals surface area contributed by atoms with Crippen LogP contribution in [0.5, 0.6) is 0 Å². The molecule has 0 radical (unpaired) electrons. The number of amides is 2. The van der Waals surface area contributed by atoms with Crippen LogP contribution in [-0.2, 0) is 15.9 Å². The van der Waals surface area contributed by atoms with Crippen molar-refractivity contribution in [3.63, 3.8) is 0 Å². The summed E-state index contributed by atoms with van der Waals surface area (Å²) < 4.78 is 11.4. The number of nitrogens with zero attached hydrogens (tertiary/aromatic N) is 4. The molecule has 2 aromatic carbocycles. The van der Waals surface area contributed by atoms with Crippen molar-refractivity contribution in [3.05, 3.63) is 71.6 Å². The number of hydrogen-bond acceptors (Lipinski definition) is 6. The first-order valence-electron chi connectivity index (χ1n) is 18.7. The van der Waals surface area contributed by atoms with E-state index >= 15 is 0 Å². The van der Waals surface area contributed by atoms with Gasteiger partial charge in [0, 0.05) is 24.8 Å². The van der Waals surface area contributed by atoms with E-state index in [1.807, 2.05) is 58.8 Å². The molecule has 2 N–H and O–H groups in total. The van der Waals surface area contributed by atoms with Gasteiger partial charge in [-0.1, -0.05) is 36.4 Å². The standard InChI is InChI=1S/C41H50N6O4/c1-40(2,3)50-38(48)46-19-7-9-33(46)36-42-22-31(44-36)25-13-11-24(12-14-25)27-17-18-29(30-21-26-15-16-28(26)35(27)30)32-23-43-37(45-32)34-10-8-20-47(34)39(49)51-41(4,5)6/h11-14,17-18,22-23,26,28,33-34H,7-10,15-16,19-21H2,1-6H3,(H,42,44)(H,43,45). The molecule has 268 valence electrons. The molecule has 0 spiro atoms. The second-order valence-electron chi connectivity index (χ2n) is 16.8. The molecule has 10 heteroatoms. The Balaban J connectivity index is 1.03. The summed E-state index contributed by atoms with van der Waals surface area (Å²) in [7, 11) is 0. The minimum atomic E-state index is -0.537. The minimum absolute atomic E-state index is 0.108. The van der Waals surface area contributed by atoms with Crippen LogP contribution in [0.2, 0.25) is 0 Å². The number of likely N-dealkylation sites (tertiary alicyclic amines) is 2. The van der Waals surface area contributed by atoms with Gasteiger partial charge in [0.2, 0.25) is 0 Å². The number of fused-ring (bicyclic) bond motifs is 3. The molecule has 2 amide bonds. The Hall–Kier alpha value is -4.60. The molecule has 51 heavy (non-hydrogen) atoms. The number of benzene rings is 2. The van der Waals surface area contributed by atoms with E-state index in [1.54, 1.807) is 4.90 Å². The number of rotatable bonds is 5. The number of nitrogens with one attached hydrogen (secondary N) is 2. The lowest BCUT2D eigenvalue weighted by molar-refractivity contribution is 0.0208.